The molecule has 0 spiro atoms. The molecule has 98 valence electrons. The Balaban J connectivity index is 1.93. The van der Waals surface area contributed by atoms with Crippen LogP contribution in [0.15, 0.2) is 36.5 Å². The molecule has 0 bridgehead atoms. The number of halogens is 2. The number of nitrogens with one attached hydrogen (secondary N) is 1. The van der Waals surface area contributed by atoms with E-state index in [9.17, 15) is 0 Å². The van der Waals surface area contributed by atoms with Crippen LogP contribution in [0.2, 0.25) is 10.0 Å². The Morgan fingerprint density at radius 3 is 2.74 bits per heavy atom. The van der Waals surface area contributed by atoms with Crippen LogP contribution in [0.25, 0.3) is 0 Å². The monoisotopic (exact) mass is 293 g/mol. The molecule has 0 saturated carbocycles. The molecule has 0 fully saturated rings. The van der Waals surface area contributed by atoms with Crippen LogP contribution in [0.5, 0.6) is 0 Å². The fraction of sp³-hybridized carbons (Fsp3) is 0.214. The molecular formula is C14H13Cl2N3. The second-order valence-electron chi connectivity index (χ2n) is 4.42. The summed E-state index contributed by atoms with van der Waals surface area (Å²) in [4.78, 5) is 6.58. The molecule has 1 aliphatic heterocycles. The average molecular weight is 294 g/mol. The zero-order valence-corrected chi connectivity index (χ0v) is 11.7. The lowest BCUT2D eigenvalue weighted by molar-refractivity contribution is 0.781. The van der Waals surface area contributed by atoms with Crippen molar-refractivity contribution in [1.29, 1.82) is 0 Å². The van der Waals surface area contributed by atoms with E-state index in [0.29, 0.717) is 16.6 Å². The van der Waals surface area contributed by atoms with E-state index in [2.05, 4.69) is 21.3 Å². The van der Waals surface area contributed by atoms with Gasteiger partial charge in [0, 0.05) is 41.4 Å². The Morgan fingerprint density at radius 2 is 1.95 bits per heavy atom. The molecule has 1 aliphatic rings. The summed E-state index contributed by atoms with van der Waals surface area (Å²) in [5, 5.41) is 4.70. The molecule has 3 nitrogen and oxygen atoms in total. The van der Waals surface area contributed by atoms with Crippen molar-refractivity contribution in [1.82, 2.24) is 4.98 Å². The number of hydrogen-bond donors (Lipinski definition) is 1. The lowest BCUT2D eigenvalue weighted by atomic mass is 10.1. The quantitative estimate of drug-likeness (QED) is 0.912. The van der Waals surface area contributed by atoms with Crippen molar-refractivity contribution in [2.45, 2.75) is 6.54 Å². The number of fused-ring (bicyclic) bond motifs is 1. The molecule has 0 radical (unpaired) electrons. The standard InChI is InChI=1S/C14H13Cl2N3/c15-11-3-1-4-12(16)10(11)9-19-8-7-18-14-13(19)5-2-6-17-14/h1-6H,7-9H2,(H,17,18). The van der Waals surface area contributed by atoms with E-state index in [1.54, 1.807) is 6.20 Å². The van der Waals surface area contributed by atoms with Gasteiger partial charge >= 0.3 is 0 Å². The molecule has 1 aromatic heterocycles. The van der Waals surface area contributed by atoms with Crippen molar-refractivity contribution in [3.05, 3.63) is 52.1 Å². The van der Waals surface area contributed by atoms with Crippen LogP contribution < -0.4 is 10.2 Å². The number of anilines is 2. The molecule has 2 aromatic rings. The minimum atomic E-state index is 0.693. The number of nitrogens with zero attached hydrogens (tertiary/aromatic N) is 2. The van der Waals surface area contributed by atoms with Gasteiger partial charge in [-0.15, -0.1) is 0 Å². The Labute approximate surface area is 122 Å². The van der Waals surface area contributed by atoms with E-state index in [1.165, 1.54) is 0 Å². The highest BCUT2D eigenvalue weighted by Gasteiger charge is 2.19. The Morgan fingerprint density at radius 1 is 1.16 bits per heavy atom. The molecule has 0 saturated heterocycles. The number of hydrogen-bond acceptors (Lipinski definition) is 3. The van der Waals surface area contributed by atoms with Gasteiger partial charge in [0.05, 0.1) is 5.69 Å². The largest absolute Gasteiger partial charge is 0.367 e. The first-order valence-electron chi connectivity index (χ1n) is 6.12. The second-order valence-corrected chi connectivity index (χ2v) is 5.23. The van der Waals surface area contributed by atoms with Gasteiger partial charge in [-0.3, -0.25) is 0 Å². The van der Waals surface area contributed by atoms with Gasteiger partial charge in [0.2, 0.25) is 0 Å². The molecule has 1 aromatic carbocycles. The number of benzene rings is 1. The first kappa shape index (κ1) is 12.6. The van der Waals surface area contributed by atoms with Crippen LogP contribution in [0, 0.1) is 0 Å². The second kappa shape index (κ2) is 5.27. The third kappa shape index (κ3) is 2.48. The molecule has 0 atom stereocenters. The van der Waals surface area contributed by atoms with E-state index < -0.39 is 0 Å². The SMILES string of the molecule is Clc1cccc(Cl)c1CN1CCNc2ncccc21. The maximum absolute atomic E-state index is 6.23. The summed E-state index contributed by atoms with van der Waals surface area (Å²) in [5.41, 5.74) is 2.05. The van der Waals surface area contributed by atoms with E-state index in [1.807, 2.05) is 24.3 Å². The maximum Gasteiger partial charge on any atom is 0.149 e. The van der Waals surface area contributed by atoms with Crippen molar-refractivity contribution in [2.24, 2.45) is 0 Å². The highest BCUT2D eigenvalue weighted by atomic mass is 35.5. The van der Waals surface area contributed by atoms with Gasteiger partial charge in [-0.25, -0.2) is 4.98 Å². The summed E-state index contributed by atoms with van der Waals surface area (Å²) in [6.45, 7) is 2.46. The van der Waals surface area contributed by atoms with E-state index >= 15 is 0 Å². The number of aromatic nitrogens is 1. The van der Waals surface area contributed by atoms with Crippen LogP contribution in [-0.2, 0) is 6.54 Å². The van der Waals surface area contributed by atoms with E-state index in [4.69, 9.17) is 23.2 Å². The maximum atomic E-state index is 6.23. The van der Waals surface area contributed by atoms with Crippen LogP contribution >= 0.6 is 23.2 Å². The van der Waals surface area contributed by atoms with Crippen LogP contribution in [0.3, 0.4) is 0 Å². The van der Waals surface area contributed by atoms with Crippen molar-refractivity contribution in [2.75, 3.05) is 23.3 Å². The Kier molecular flexibility index (Phi) is 3.49. The van der Waals surface area contributed by atoms with Gasteiger partial charge in [-0.05, 0) is 24.3 Å². The normalized spacial score (nSPS) is 13.9. The minimum Gasteiger partial charge on any atom is -0.367 e. The number of pyridine rings is 1. The first-order chi connectivity index (χ1) is 9.25. The fourth-order valence-corrected chi connectivity index (χ4v) is 2.77. The summed E-state index contributed by atoms with van der Waals surface area (Å²) < 4.78 is 0. The minimum absolute atomic E-state index is 0.693. The van der Waals surface area contributed by atoms with Gasteiger partial charge < -0.3 is 10.2 Å². The molecule has 3 rings (SSSR count). The highest BCUT2D eigenvalue weighted by molar-refractivity contribution is 6.36. The Bertz CT molecular complexity index is 581. The van der Waals surface area contributed by atoms with Gasteiger partial charge in [0.15, 0.2) is 0 Å². The van der Waals surface area contributed by atoms with Gasteiger partial charge in [0.25, 0.3) is 0 Å². The molecule has 0 amide bonds. The predicted molar refractivity (Wildman–Crippen MR) is 80.2 cm³/mol. The van der Waals surface area contributed by atoms with E-state index in [0.717, 1.165) is 30.2 Å². The summed E-state index contributed by atoms with van der Waals surface area (Å²) in [6, 6.07) is 9.60. The van der Waals surface area contributed by atoms with Gasteiger partial charge in [0.1, 0.15) is 5.82 Å². The molecular weight excluding hydrogens is 281 g/mol. The van der Waals surface area contributed by atoms with Crippen LogP contribution in [0.4, 0.5) is 11.5 Å². The summed E-state index contributed by atoms with van der Waals surface area (Å²) in [7, 11) is 0. The van der Waals surface area contributed by atoms with Crippen molar-refractivity contribution in [3.63, 3.8) is 0 Å². The van der Waals surface area contributed by atoms with Gasteiger partial charge in [-0.1, -0.05) is 29.3 Å². The molecule has 19 heavy (non-hydrogen) atoms. The van der Waals surface area contributed by atoms with Crippen LogP contribution in [-0.4, -0.2) is 18.1 Å². The van der Waals surface area contributed by atoms with Crippen LogP contribution in [0.1, 0.15) is 5.56 Å². The van der Waals surface area contributed by atoms with Gasteiger partial charge in [-0.2, -0.15) is 0 Å². The van der Waals surface area contributed by atoms with Crippen molar-refractivity contribution in [3.8, 4) is 0 Å². The molecule has 0 unspecified atom stereocenters. The zero-order chi connectivity index (χ0) is 13.2. The summed E-state index contributed by atoms with van der Waals surface area (Å²) in [6.07, 6.45) is 1.79. The summed E-state index contributed by atoms with van der Waals surface area (Å²) in [5.74, 6) is 0.914. The average Bonchev–Trinajstić information content (AvgIpc) is 2.43. The Hall–Kier alpha value is -1.45. The number of rotatable bonds is 2. The predicted octanol–water partition coefficient (Wildman–Crippen LogP) is 3.82. The lowest BCUT2D eigenvalue weighted by Crippen LogP contribution is -2.34. The fourth-order valence-electron chi connectivity index (χ4n) is 2.26. The topological polar surface area (TPSA) is 28.2 Å². The smallest absolute Gasteiger partial charge is 0.149 e. The van der Waals surface area contributed by atoms with E-state index in [-0.39, 0.29) is 0 Å². The molecule has 1 N–H and O–H groups in total. The first-order valence-corrected chi connectivity index (χ1v) is 6.88. The lowest BCUT2D eigenvalue weighted by Gasteiger charge is -2.31. The molecule has 2 heterocycles. The summed E-state index contributed by atoms with van der Waals surface area (Å²) >= 11 is 12.5. The molecule has 0 aliphatic carbocycles. The van der Waals surface area contributed by atoms with Crippen molar-refractivity contribution >= 4 is 34.7 Å². The third-order valence-electron chi connectivity index (χ3n) is 3.21. The molecule has 5 heteroatoms. The third-order valence-corrected chi connectivity index (χ3v) is 3.92. The van der Waals surface area contributed by atoms with Crippen molar-refractivity contribution < 1.29 is 0 Å². The highest BCUT2D eigenvalue weighted by Crippen LogP contribution is 2.31. The zero-order valence-electron chi connectivity index (χ0n) is 10.2.